The molecule has 0 aromatic rings. The third-order valence-electron chi connectivity index (χ3n) is 4.11. The quantitative estimate of drug-likeness (QED) is 0.697. The van der Waals surface area contributed by atoms with Gasteiger partial charge < -0.3 is 11.1 Å². The number of rotatable bonds is 3. The van der Waals surface area contributed by atoms with Crippen LogP contribution in [-0.2, 0) is 0 Å². The van der Waals surface area contributed by atoms with E-state index >= 15 is 0 Å². The zero-order valence-electron chi connectivity index (χ0n) is 9.26. The molecule has 0 radical (unpaired) electrons. The predicted octanol–water partition coefficient (Wildman–Crippen LogP) is 0.614. The summed E-state index contributed by atoms with van der Waals surface area (Å²) < 4.78 is 0. The Bertz CT molecular complexity index is 169. The summed E-state index contributed by atoms with van der Waals surface area (Å²) >= 11 is 0. The molecule has 0 atom stereocenters. The lowest BCUT2D eigenvalue weighted by molar-refractivity contribution is -0.0111. The van der Waals surface area contributed by atoms with Gasteiger partial charge in [0.2, 0.25) is 0 Å². The molecule has 1 aliphatic heterocycles. The molecule has 2 rings (SSSR count). The molecule has 3 nitrogen and oxygen atoms in total. The first kappa shape index (κ1) is 10.4. The third-order valence-corrected chi connectivity index (χ3v) is 4.11. The fraction of sp³-hybridized carbons (Fsp3) is 1.00. The molecule has 3 heteroatoms. The number of nitrogens with one attached hydrogen (secondary N) is 1. The van der Waals surface area contributed by atoms with Crippen LogP contribution in [0.4, 0.5) is 0 Å². The van der Waals surface area contributed by atoms with Crippen molar-refractivity contribution in [2.75, 3.05) is 33.4 Å². The molecule has 0 amide bonds. The van der Waals surface area contributed by atoms with Crippen LogP contribution in [0.15, 0.2) is 0 Å². The monoisotopic (exact) mass is 197 g/mol. The predicted molar refractivity (Wildman–Crippen MR) is 58.9 cm³/mol. The summed E-state index contributed by atoms with van der Waals surface area (Å²) in [6, 6.07) is 0. The molecule has 1 saturated carbocycles. The fourth-order valence-corrected chi connectivity index (χ4v) is 3.22. The third kappa shape index (κ3) is 1.95. The van der Waals surface area contributed by atoms with Gasteiger partial charge in [0.15, 0.2) is 0 Å². The van der Waals surface area contributed by atoms with Gasteiger partial charge in [0.05, 0.1) is 0 Å². The number of likely N-dealkylation sites (tertiary alicyclic amines) is 1. The van der Waals surface area contributed by atoms with Crippen molar-refractivity contribution in [3.05, 3.63) is 0 Å². The van der Waals surface area contributed by atoms with Gasteiger partial charge in [-0.15, -0.1) is 0 Å². The Labute approximate surface area is 87.0 Å². The first-order valence-electron chi connectivity index (χ1n) is 5.85. The normalized spacial score (nSPS) is 27.9. The summed E-state index contributed by atoms with van der Waals surface area (Å²) in [7, 11) is 2.06. The molecule has 1 aliphatic carbocycles. The lowest BCUT2D eigenvalue weighted by Crippen LogP contribution is -2.49. The van der Waals surface area contributed by atoms with Crippen molar-refractivity contribution in [3.8, 4) is 0 Å². The van der Waals surface area contributed by atoms with Crippen LogP contribution in [0, 0.1) is 11.3 Å². The molecule has 0 bridgehead atoms. The molecule has 2 aliphatic rings. The molecule has 0 aromatic carbocycles. The van der Waals surface area contributed by atoms with Gasteiger partial charge in [-0.05, 0) is 63.7 Å². The van der Waals surface area contributed by atoms with E-state index in [1.165, 1.54) is 45.3 Å². The van der Waals surface area contributed by atoms with Crippen LogP contribution in [0.1, 0.15) is 25.7 Å². The summed E-state index contributed by atoms with van der Waals surface area (Å²) in [4.78, 5) is 2.37. The standard InChI is InChI=1S/C11H23N3/c1-13-8-10-6-11(7-10)2-4-14(9-12)5-3-11/h10,13H,2-9,12H2,1H3. The van der Waals surface area contributed by atoms with E-state index in [0.717, 1.165) is 12.6 Å². The Balaban J connectivity index is 1.74. The van der Waals surface area contributed by atoms with Crippen molar-refractivity contribution < 1.29 is 0 Å². The average molecular weight is 197 g/mol. The molecule has 1 saturated heterocycles. The largest absolute Gasteiger partial charge is 0.319 e. The lowest BCUT2D eigenvalue weighted by atomic mass is 9.57. The van der Waals surface area contributed by atoms with Crippen molar-refractivity contribution >= 4 is 0 Å². The molecule has 82 valence electrons. The summed E-state index contributed by atoms with van der Waals surface area (Å²) in [5, 5.41) is 3.28. The minimum absolute atomic E-state index is 0.715. The maximum atomic E-state index is 5.64. The van der Waals surface area contributed by atoms with Gasteiger partial charge in [0, 0.05) is 6.67 Å². The molecule has 2 fully saturated rings. The molecule has 3 N–H and O–H groups in total. The summed E-state index contributed by atoms with van der Waals surface area (Å²) in [6.45, 7) is 4.41. The first-order valence-corrected chi connectivity index (χ1v) is 5.85. The average Bonchev–Trinajstić information content (AvgIpc) is 2.17. The highest BCUT2D eigenvalue weighted by Crippen LogP contribution is 2.52. The Kier molecular flexibility index (Phi) is 3.10. The van der Waals surface area contributed by atoms with Gasteiger partial charge in [-0.25, -0.2) is 0 Å². The minimum atomic E-state index is 0.715. The summed E-state index contributed by atoms with van der Waals surface area (Å²) in [6.07, 6.45) is 5.66. The lowest BCUT2D eigenvalue weighted by Gasteiger charge is -2.52. The number of nitrogens with two attached hydrogens (primary N) is 1. The van der Waals surface area contributed by atoms with E-state index < -0.39 is 0 Å². The van der Waals surface area contributed by atoms with Crippen molar-refractivity contribution in [1.29, 1.82) is 0 Å². The molecule has 1 heterocycles. The van der Waals surface area contributed by atoms with E-state index in [1.54, 1.807) is 0 Å². The Morgan fingerprint density at radius 3 is 2.50 bits per heavy atom. The van der Waals surface area contributed by atoms with Crippen molar-refractivity contribution in [2.45, 2.75) is 25.7 Å². The Morgan fingerprint density at radius 1 is 1.36 bits per heavy atom. The van der Waals surface area contributed by atoms with Crippen molar-refractivity contribution in [1.82, 2.24) is 10.2 Å². The zero-order valence-corrected chi connectivity index (χ0v) is 9.26. The van der Waals surface area contributed by atoms with Crippen LogP contribution in [0.3, 0.4) is 0 Å². The topological polar surface area (TPSA) is 41.3 Å². The zero-order chi connectivity index (χ0) is 10.0. The molecular formula is C11H23N3. The van der Waals surface area contributed by atoms with E-state index in [4.69, 9.17) is 5.73 Å². The van der Waals surface area contributed by atoms with E-state index in [1.807, 2.05) is 0 Å². The molecule has 1 spiro atoms. The van der Waals surface area contributed by atoms with Gasteiger partial charge in [-0.3, -0.25) is 4.90 Å². The fourth-order valence-electron chi connectivity index (χ4n) is 3.22. The van der Waals surface area contributed by atoms with E-state index in [9.17, 15) is 0 Å². The first-order chi connectivity index (χ1) is 6.78. The number of piperidine rings is 1. The highest BCUT2D eigenvalue weighted by molar-refractivity contribution is 4.97. The van der Waals surface area contributed by atoms with Crippen molar-refractivity contribution in [2.24, 2.45) is 17.1 Å². The van der Waals surface area contributed by atoms with Gasteiger partial charge in [-0.2, -0.15) is 0 Å². The second-order valence-electron chi connectivity index (χ2n) is 5.13. The second kappa shape index (κ2) is 4.17. The maximum Gasteiger partial charge on any atom is 0.0455 e. The summed E-state index contributed by atoms with van der Waals surface area (Å²) in [5.41, 5.74) is 6.36. The second-order valence-corrected chi connectivity index (χ2v) is 5.13. The van der Waals surface area contributed by atoms with Crippen LogP contribution in [0.5, 0.6) is 0 Å². The number of hydrogen-bond donors (Lipinski definition) is 2. The SMILES string of the molecule is CNCC1CC2(CCN(CN)CC2)C1. The van der Waals surface area contributed by atoms with Gasteiger partial charge in [0.1, 0.15) is 0 Å². The molecule has 14 heavy (non-hydrogen) atoms. The van der Waals surface area contributed by atoms with Gasteiger partial charge in [0.25, 0.3) is 0 Å². The van der Waals surface area contributed by atoms with Crippen LogP contribution in [0.2, 0.25) is 0 Å². The number of hydrogen-bond acceptors (Lipinski definition) is 3. The number of nitrogens with zero attached hydrogens (tertiary/aromatic N) is 1. The Hall–Kier alpha value is -0.120. The highest BCUT2D eigenvalue weighted by atomic mass is 15.2. The van der Waals surface area contributed by atoms with Crippen LogP contribution in [-0.4, -0.2) is 38.3 Å². The molecular weight excluding hydrogens is 174 g/mol. The Morgan fingerprint density at radius 2 is 2.00 bits per heavy atom. The van der Waals surface area contributed by atoms with E-state index in [-0.39, 0.29) is 0 Å². The van der Waals surface area contributed by atoms with E-state index in [0.29, 0.717) is 5.41 Å². The molecule has 0 aromatic heterocycles. The maximum absolute atomic E-state index is 5.64. The smallest absolute Gasteiger partial charge is 0.0455 e. The highest BCUT2D eigenvalue weighted by Gasteiger charge is 2.44. The van der Waals surface area contributed by atoms with Crippen LogP contribution >= 0.6 is 0 Å². The van der Waals surface area contributed by atoms with Crippen LogP contribution < -0.4 is 11.1 Å². The minimum Gasteiger partial charge on any atom is -0.319 e. The molecule has 0 unspecified atom stereocenters. The van der Waals surface area contributed by atoms with Gasteiger partial charge >= 0.3 is 0 Å². The van der Waals surface area contributed by atoms with Gasteiger partial charge in [-0.1, -0.05) is 0 Å². The van der Waals surface area contributed by atoms with Crippen molar-refractivity contribution in [3.63, 3.8) is 0 Å². The van der Waals surface area contributed by atoms with Crippen LogP contribution in [0.25, 0.3) is 0 Å². The van der Waals surface area contributed by atoms with E-state index in [2.05, 4.69) is 17.3 Å². The summed E-state index contributed by atoms with van der Waals surface area (Å²) in [5.74, 6) is 0.949.